The number of benzene rings is 1. The van der Waals surface area contributed by atoms with Crippen molar-refractivity contribution < 1.29 is 4.79 Å². The van der Waals surface area contributed by atoms with Gasteiger partial charge in [0.25, 0.3) is 0 Å². The molecule has 4 rings (SSSR count). The van der Waals surface area contributed by atoms with E-state index in [0.717, 1.165) is 56.6 Å². The number of amides is 1. The molecule has 1 amide bonds. The van der Waals surface area contributed by atoms with Crippen molar-refractivity contribution in [3.63, 3.8) is 0 Å². The molecule has 3 aromatic rings. The van der Waals surface area contributed by atoms with Crippen molar-refractivity contribution in [2.24, 2.45) is 12.1 Å². The summed E-state index contributed by atoms with van der Waals surface area (Å²) in [5.74, 6) is 0. The average molecular weight is 400 g/mol. The van der Waals surface area contributed by atoms with E-state index in [0.29, 0.717) is 6.54 Å². The second-order valence-electron chi connectivity index (χ2n) is 6.46. The second kappa shape index (κ2) is 7.36. The van der Waals surface area contributed by atoms with Gasteiger partial charge in [0.15, 0.2) is 9.99 Å². The highest BCUT2D eigenvalue weighted by Crippen LogP contribution is 2.33. The van der Waals surface area contributed by atoms with Crippen LogP contribution in [0.1, 0.15) is 22.4 Å². The molecule has 0 aliphatic carbocycles. The van der Waals surface area contributed by atoms with Gasteiger partial charge >= 0.3 is 0 Å². The zero-order valence-corrected chi connectivity index (χ0v) is 17.2. The first-order valence-electron chi connectivity index (χ1n) is 8.72. The average Bonchev–Trinajstić information content (AvgIpc) is 3.37. The monoisotopic (exact) mass is 399 g/mol. The van der Waals surface area contributed by atoms with Gasteiger partial charge in [0, 0.05) is 30.5 Å². The lowest BCUT2D eigenvalue weighted by molar-refractivity contribution is -0.118. The first kappa shape index (κ1) is 18.1. The van der Waals surface area contributed by atoms with Gasteiger partial charge in [-0.3, -0.25) is 4.79 Å². The predicted octanol–water partition coefficient (Wildman–Crippen LogP) is 3.63. The lowest BCUT2D eigenvalue weighted by Crippen LogP contribution is -2.16. The molecule has 140 valence electrons. The Morgan fingerprint density at radius 1 is 1.48 bits per heavy atom. The molecule has 1 aromatic carbocycles. The number of thioether (sulfide) groups is 1. The van der Waals surface area contributed by atoms with Crippen molar-refractivity contribution in [2.45, 2.75) is 24.2 Å². The maximum atomic E-state index is 11.6. The molecule has 1 aliphatic heterocycles. The smallest absolute Gasteiger partial charge is 0.230 e. The van der Waals surface area contributed by atoms with Crippen LogP contribution < -0.4 is 5.32 Å². The summed E-state index contributed by atoms with van der Waals surface area (Å²) in [6.45, 7) is 3.47. The maximum absolute atomic E-state index is 11.6. The van der Waals surface area contributed by atoms with E-state index in [1.807, 2.05) is 19.4 Å². The van der Waals surface area contributed by atoms with Gasteiger partial charge in [-0.2, -0.15) is 5.10 Å². The topological polar surface area (TPSA) is 62.5 Å². The fraction of sp³-hybridized carbons (Fsp3) is 0.316. The zero-order chi connectivity index (χ0) is 19.0. The molecule has 0 saturated heterocycles. The van der Waals surface area contributed by atoms with Crippen LogP contribution in [-0.4, -0.2) is 40.0 Å². The van der Waals surface area contributed by atoms with Crippen LogP contribution in [0.2, 0.25) is 0 Å². The number of carbonyl (C=O) groups excluding carboxylic acids is 1. The Bertz CT molecular complexity index is 1040. The van der Waals surface area contributed by atoms with Gasteiger partial charge in [-0.25, -0.2) is 9.99 Å². The Morgan fingerprint density at radius 3 is 3.11 bits per heavy atom. The van der Waals surface area contributed by atoms with E-state index in [1.54, 1.807) is 29.3 Å². The highest BCUT2D eigenvalue weighted by molar-refractivity contribution is 8.00. The highest BCUT2D eigenvalue weighted by atomic mass is 32.2. The third-order valence-corrected chi connectivity index (χ3v) is 7.04. The second-order valence-corrected chi connectivity index (χ2v) is 8.51. The first-order chi connectivity index (χ1) is 13.1. The molecular weight excluding hydrogens is 378 g/mol. The van der Waals surface area contributed by atoms with Crippen molar-refractivity contribution in [2.75, 3.05) is 18.1 Å². The fourth-order valence-corrected chi connectivity index (χ4v) is 5.07. The van der Waals surface area contributed by atoms with Gasteiger partial charge in [0.1, 0.15) is 0 Å². The third kappa shape index (κ3) is 3.23. The first-order valence-corrected chi connectivity index (χ1v) is 10.8. The van der Waals surface area contributed by atoms with E-state index in [4.69, 9.17) is 0 Å². The molecule has 0 fully saturated rings. The van der Waals surface area contributed by atoms with Gasteiger partial charge in [0.05, 0.1) is 17.5 Å². The van der Waals surface area contributed by atoms with Crippen LogP contribution in [0, 0.1) is 6.92 Å². The highest BCUT2D eigenvalue weighted by Gasteiger charge is 2.17. The molecule has 0 saturated carbocycles. The molecule has 0 atom stereocenters. The van der Waals surface area contributed by atoms with E-state index in [1.165, 1.54) is 10.6 Å². The Hall–Kier alpha value is -2.32. The minimum atomic E-state index is 0.471. The molecular formula is C19H21N5OS2. The summed E-state index contributed by atoms with van der Waals surface area (Å²) in [6, 6.07) is 6.17. The molecule has 27 heavy (non-hydrogen) atoms. The van der Waals surface area contributed by atoms with Gasteiger partial charge in [-0.05, 0) is 36.8 Å². The minimum absolute atomic E-state index is 0.471. The van der Waals surface area contributed by atoms with Gasteiger partial charge < -0.3 is 9.88 Å². The number of carbonyl (C=O) groups is 1. The Kier molecular flexibility index (Phi) is 4.92. The van der Waals surface area contributed by atoms with E-state index in [9.17, 15) is 4.79 Å². The standard InChI is InChI=1S/C19H21N5OS2/c1-12-15(17-18(23(12)2)22-19(26-3)27-17)9-21-24(11-25)10-13-5-4-6-16-14(13)7-8-20-16/h4-6,9,11,20H,7-8,10H2,1-3H3/b21-9-. The van der Waals surface area contributed by atoms with E-state index >= 15 is 0 Å². The Labute approximate surface area is 166 Å². The lowest BCUT2D eigenvalue weighted by atomic mass is 10.1. The van der Waals surface area contributed by atoms with Crippen LogP contribution in [0.25, 0.3) is 10.3 Å². The van der Waals surface area contributed by atoms with Crippen LogP contribution in [0.5, 0.6) is 0 Å². The summed E-state index contributed by atoms with van der Waals surface area (Å²) >= 11 is 3.30. The number of hydrogen-bond donors (Lipinski definition) is 1. The van der Waals surface area contributed by atoms with E-state index in [2.05, 4.69) is 39.0 Å². The van der Waals surface area contributed by atoms with Crippen molar-refractivity contribution in [3.8, 4) is 0 Å². The quantitative estimate of drug-likeness (QED) is 0.298. The SMILES string of the molecule is CSc1nc2c(s1)c(/C=N\N(C=O)Cc1cccc3c1CCN3)c(C)n2C. The summed E-state index contributed by atoms with van der Waals surface area (Å²) in [5, 5.41) is 9.30. The van der Waals surface area contributed by atoms with Crippen LogP contribution >= 0.6 is 23.1 Å². The van der Waals surface area contributed by atoms with Crippen LogP contribution in [0.3, 0.4) is 0 Å². The largest absolute Gasteiger partial charge is 0.384 e. The summed E-state index contributed by atoms with van der Waals surface area (Å²) < 4.78 is 4.22. The number of rotatable bonds is 6. The molecule has 6 nitrogen and oxygen atoms in total. The van der Waals surface area contributed by atoms with Crippen LogP contribution in [0.4, 0.5) is 5.69 Å². The number of nitrogens with zero attached hydrogens (tertiary/aromatic N) is 4. The normalized spacial score (nSPS) is 13.3. The molecule has 1 aliphatic rings. The van der Waals surface area contributed by atoms with Crippen molar-refractivity contribution in [1.29, 1.82) is 0 Å². The molecule has 2 aromatic heterocycles. The van der Waals surface area contributed by atoms with Crippen LogP contribution in [-0.2, 0) is 24.8 Å². The predicted molar refractivity (Wildman–Crippen MR) is 113 cm³/mol. The maximum Gasteiger partial charge on any atom is 0.230 e. The molecule has 8 heteroatoms. The number of hydrazone groups is 1. The number of aromatic nitrogens is 2. The number of thiazole rings is 1. The summed E-state index contributed by atoms with van der Waals surface area (Å²) in [6.07, 6.45) is 5.59. The van der Waals surface area contributed by atoms with E-state index < -0.39 is 0 Å². The molecule has 0 unspecified atom stereocenters. The summed E-state index contributed by atoms with van der Waals surface area (Å²) in [5.41, 5.74) is 6.67. The fourth-order valence-electron chi connectivity index (χ4n) is 3.42. The van der Waals surface area contributed by atoms with Crippen molar-refractivity contribution >= 4 is 51.8 Å². The zero-order valence-electron chi connectivity index (χ0n) is 15.5. The van der Waals surface area contributed by atoms with E-state index in [-0.39, 0.29) is 0 Å². The summed E-state index contributed by atoms with van der Waals surface area (Å²) in [4.78, 5) is 16.3. The van der Waals surface area contributed by atoms with Crippen molar-refractivity contribution in [1.82, 2.24) is 14.6 Å². The lowest BCUT2D eigenvalue weighted by Gasteiger charge is -2.14. The number of anilines is 1. The third-order valence-electron chi connectivity index (χ3n) is 4.97. The number of fused-ring (bicyclic) bond motifs is 2. The number of aryl methyl sites for hydroxylation is 1. The molecule has 3 heterocycles. The van der Waals surface area contributed by atoms with Crippen LogP contribution in [0.15, 0.2) is 27.6 Å². The Balaban J connectivity index is 1.62. The Morgan fingerprint density at radius 2 is 2.33 bits per heavy atom. The van der Waals surface area contributed by atoms with Crippen molar-refractivity contribution in [3.05, 3.63) is 40.6 Å². The molecule has 1 N–H and O–H groups in total. The molecule has 0 spiro atoms. The molecule has 0 radical (unpaired) electrons. The number of hydrogen-bond acceptors (Lipinski definition) is 6. The summed E-state index contributed by atoms with van der Waals surface area (Å²) in [7, 11) is 2.01. The van der Waals surface area contributed by atoms with Gasteiger partial charge in [0.2, 0.25) is 6.41 Å². The number of nitrogens with one attached hydrogen (secondary N) is 1. The minimum Gasteiger partial charge on any atom is -0.384 e. The van der Waals surface area contributed by atoms with Gasteiger partial charge in [-0.15, -0.1) is 11.3 Å². The van der Waals surface area contributed by atoms with Gasteiger partial charge in [-0.1, -0.05) is 23.9 Å². The molecule has 0 bridgehead atoms.